The Hall–Kier alpha value is -0.980. The van der Waals surface area contributed by atoms with E-state index < -0.39 is 0 Å². The molecule has 6 heteroatoms. The minimum atomic E-state index is 0.0886. The van der Waals surface area contributed by atoms with E-state index in [1.807, 2.05) is 6.20 Å². The monoisotopic (exact) mass is 240 g/mol. The molecule has 0 atom stereocenters. The van der Waals surface area contributed by atoms with E-state index in [0.717, 1.165) is 31.7 Å². The molecule has 6 nitrogen and oxygen atoms in total. The van der Waals surface area contributed by atoms with Crippen molar-refractivity contribution in [2.45, 2.75) is 38.4 Å². The molecule has 0 spiro atoms. The molecule has 2 heterocycles. The van der Waals surface area contributed by atoms with Gasteiger partial charge in [0.15, 0.2) is 0 Å². The highest BCUT2D eigenvalue weighted by molar-refractivity contribution is 4.95. The number of aliphatic hydroxyl groups excluding tert-OH is 1. The molecule has 2 N–H and O–H groups in total. The average molecular weight is 240 g/mol. The smallest absolute Gasteiger partial charge is 0.0965 e. The molecule has 1 aliphatic rings. The lowest BCUT2D eigenvalue weighted by atomic mass is 9.92. The fourth-order valence-electron chi connectivity index (χ4n) is 1.93. The van der Waals surface area contributed by atoms with Crippen LogP contribution in [0.15, 0.2) is 6.20 Å². The van der Waals surface area contributed by atoms with E-state index in [2.05, 4.69) is 22.6 Å². The SMILES string of the molecule is CC1(NCc2cn(CCO)nn2)CCOCC1. The van der Waals surface area contributed by atoms with Crippen molar-refractivity contribution in [3.05, 3.63) is 11.9 Å². The molecule has 0 bridgehead atoms. The van der Waals surface area contributed by atoms with Gasteiger partial charge in [-0.15, -0.1) is 5.10 Å². The quantitative estimate of drug-likeness (QED) is 0.753. The molecule has 0 aromatic carbocycles. The molecule has 0 amide bonds. The van der Waals surface area contributed by atoms with Gasteiger partial charge >= 0.3 is 0 Å². The lowest BCUT2D eigenvalue weighted by Gasteiger charge is -2.34. The second-order valence-electron chi connectivity index (χ2n) is 4.72. The topological polar surface area (TPSA) is 72.2 Å². The second-order valence-corrected chi connectivity index (χ2v) is 4.72. The molecule has 1 fully saturated rings. The first-order chi connectivity index (χ1) is 8.22. The van der Waals surface area contributed by atoms with Gasteiger partial charge in [0.2, 0.25) is 0 Å². The fourth-order valence-corrected chi connectivity index (χ4v) is 1.93. The van der Waals surface area contributed by atoms with Crippen molar-refractivity contribution in [2.24, 2.45) is 0 Å². The van der Waals surface area contributed by atoms with Crippen LogP contribution in [0.2, 0.25) is 0 Å². The van der Waals surface area contributed by atoms with E-state index in [1.165, 1.54) is 0 Å². The zero-order valence-electron chi connectivity index (χ0n) is 10.2. The van der Waals surface area contributed by atoms with Gasteiger partial charge in [0.1, 0.15) is 0 Å². The summed E-state index contributed by atoms with van der Waals surface area (Å²) in [5.74, 6) is 0. The summed E-state index contributed by atoms with van der Waals surface area (Å²) < 4.78 is 7.01. The Labute approximate surface area is 101 Å². The molecule has 96 valence electrons. The number of ether oxygens (including phenoxy) is 1. The Bertz CT molecular complexity index is 347. The van der Waals surface area contributed by atoms with Crippen LogP contribution in [0.1, 0.15) is 25.5 Å². The van der Waals surface area contributed by atoms with Gasteiger partial charge in [-0.3, -0.25) is 0 Å². The third-order valence-electron chi connectivity index (χ3n) is 3.21. The van der Waals surface area contributed by atoms with Crippen LogP contribution in [-0.2, 0) is 17.8 Å². The van der Waals surface area contributed by atoms with Crippen LogP contribution in [0.25, 0.3) is 0 Å². The van der Waals surface area contributed by atoms with E-state index in [0.29, 0.717) is 13.1 Å². The van der Waals surface area contributed by atoms with E-state index in [-0.39, 0.29) is 12.1 Å². The van der Waals surface area contributed by atoms with Crippen LogP contribution in [-0.4, -0.2) is 45.5 Å². The number of rotatable bonds is 5. The minimum absolute atomic E-state index is 0.0886. The van der Waals surface area contributed by atoms with Crippen molar-refractivity contribution in [3.63, 3.8) is 0 Å². The van der Waals surface area contributed by atoms with Crippen LogP contribution in [0.4, 0.5) is 0 Å². The lowest BCUT2D eigenvalue weighted by molar-refractivity contribution is 0.0445. The Morgan fingerprint density at radius 2 is 2.29 bits per heavy atom. The van der Waals surface area contributed by atoms with Crippen LogP contribution in [0, 0.1) is 0 Å². The summed E-state index contributed by atoms with van der Waals surface area (Å²) in [5, 5.41) is 20.3. The molecule has 0 unspecified atom stereocenters. The maximum atomic E-state index is 8.79. The van der Waals surface area contributed by atoms with Gasteiger partial charge in [-0.2, -0.15) is 0 Å². The Morgan fingerprint density at radius 3 is 3.00 bits per heavy atom. The zero-order valence-corrected chi connectivity index (χ0v) is 10.2. The molecule has 0 radical (unpaired) electrons. The first kappa shape index (κ1) is 12.5. The summed E-state index contributed by atoms with van der Waals surface area (Å²) in [6.07, 6.45) is 3.92. The third-order valence-corrected chi connectivity index (χ3v) is 3.21. The van der Waals surface area contributed by atoms with E-state index in [4.69, 9.17) is 9.84 Å². The molecular weight excluding hydrogens is 220 g/mol. The molecule has 0 saturated carbocycles. The number of hydrogen-bond acceptors (Lipinski definition) is 5. The number of aromatic nitrogens is 3. The molecule has 1 saturated heterocycles. The van der Waals surface area contributed by atoms with Gasteiger partial charge < -0.3 is 15.2 Å². The van der Waals surface area contributed by atoms with Gasteiger partial charge in [-0.1, -0.05) is 5.21 Å². The van der Waals surface area contributed by atoms with Crippen molar-refractivity contribution in [1.29, 1.82) is 0 Å². The first-order valence-corrected chi connectivity index (χ1v) is 6.04. The number of aliphatic hydroxyl groups is 1. The molecule has 1 aromatic rings. The molecular formula is C11H20N4O2. The van der Waals surface area contributed by atoms with E-state index >= 15 is 0 Å². The van der Waals surface area contributed by atoms with Gasteiger partial charge in [0.25, 0.3) is 0 Å². The Kier molecular flexibility index (Phi) is 4.09. The van der Waals surface area contributed by atoms with Crippen LogP contribution < -0.4 is 5.32 Å². The highest BCUT2D eigenvalue weighted by Crippen LogP contribution is 2.19. The predicted molar refractivity (Wildman–Crippen MR) is 62.4 cm³/mol. The van der Waals surface area contributed by atoms with Crippen molar-refractivity contribution < 1.29 is 9.84 Å². The second kappa shape index (κ2) is 5.57. The Balaban J connectivity index is 1.83. The van der Waals surface area contributed by atoms with Crippen LogP contribution in [0.3, 0.4) is 0 Å². The van der Waals surface area contributed by atoms with Gasteiger partial charge in [0, 0.05) is 31.5 Å². The van der Waals surface area contributed by atoms with E-state index in [9.17, 15) is 0 Å². The average Bonchev–Trinajstić information content (AvgIpc) is 2.76. The summed E-state index contributed by atoms with van der Waals surface area (Å²) in [4.78, 5) is 0. The fraction of sp³-hybridized carbons (Fsp3) is 0.818. The van der Waals surface area contributed by atoms with Crippen molar-refractivity contribution in [1.82, 2.24) is 20.3 Å². The molecule has 1 aliphatic heterocycles. The maximum Gasteiger partial charge on any atom is 0.0965 e. The third kappa shape index (κ3) is 3.49. The standard InChI is InChI=1S/C11H20N4O2/c1-11(2-6-17-7-3-11)12-8-10-9-15(4-5-16)14-13-10/h9,12,16H,2-8H2,1H3. The number of nitrogens with one attached hydrogen (secondary N) is 1. The summed E-state index contributed by atoms with van der Waals surface area (Å²) in [6, 6.07) is 0. The molecule has 0 aliphatic carbocycles. The van der Waals surface area contributed by atoms with Gasteiger partial charge in [-0.25, -0.2) is 4.68 Å². The van der Waals surface area contributed by atoms with Gasteiger partial charge in [0.05, 0.1) is 18.8 Å². The first-order valence-electron chi connectivity index (χ1n) is 6.04. The molecule has 17 heavy (non-hydrogen) atoms. The predicted octanol–water partition coefficient (Wildman–Crippen LogP) is -0.0709. The zero-order chi connectivity index (χ0) is 12.1. The highest BCUT2D eigenvalue weighted by atomic mass is 16.5. The summed E-state index contributed by atoms with van der Waals surface area (Å²) in [6.45, 7) is 5.15. The highest BCUT2D eigenvalue weighted by Gasteiger charge is 2.26. The molecule has 1 aromatic heterocycles. The largest absolute Gasteiger partial charge is 0.394 e. The molecule has 2 rings (SSSR count). The van der Waals surface area contributed by atoms with Crippen molar-refractivity contribution in [3.8, 4) is 0 Å². The van der Waals surface area contributed by atoms with E-state index in [1.54, 1.807) is 4.68 Å². The minimum Gasteiger partial charge on any atom is -0.394 e. The number of hydrogen-bond donors (Lipinski definition) is 2. The van der Waals surface area contributed by atoms with Crippen molar-refractivity contribution in [2.75, 3.05) is 19.8 Å². The summed E-state index contributed by atoms with van der Waals surface area (Å²) >= 11 is 0. The van der Waals surface area contributed by atoms with Gasteiger partial charge in [-0.05, 0) is 19.8 Å². The maximum absolute atomic E-state index is 8.79. The van der Waals surface area contributed by atoms with Crippen LogP contribution in [0.5, 0.6) is 0 Å². The van der Waals surface area contributed by atoms with Crippen molar-refractivity contribution >= 4 is 0 Å². The lowest BCUT2D eigenvalue weighted by Crippen LogP contribution is -2.46. The van der Waals surface area contributed by atoms with Crippen LogP contribution >= 0.6 is 0 Å². The normalized spacial score (nSPS) is 19.4. The number of nitrogens with zero attached hydrogens (tertiary/aromatic N) is 3. The summed E-state index contributed by atoms with van der Waals surface area (Å²) in [5.41, 5.74) is 1.05. The summed E-state index contributed by atoms with van der Waals surface area (Å²) in [7, 11) is 0. The Morgan fingerprint density at radius 1 is 1.53 bits per heavy atom.